The second kappa shape index (κ2) is 8.65. The molecule has 0 N–H and O–H groups in total. The molecular formula is C30H37N3O2. The summed E-state index contributed by atoms with van der Waals surface area (Å²) in [6.45, 7) is 6.57. The molecule has 1 spiro atoms. The Kier molecular flexibility index (Phi) is 5.89. The minimum atomic E-state index is -0.876. The molecule has 1 heterocycles. The Balaban J connectivity index is 1.75. The topological polar surface area (TPSA) is 36.0 Å². The number of ether oxygens (including phenoxy) is 1. The van der Waals surface area contributed by atoms with Gasteiger partial charge in [0.25, 0.3) is 0 Å². The molecule has 0 aromatic heterocycles. The van der Waals surface area contributed by atoms with Gasteiger partial charge in [-0.3, -0.25) is 9.80 Å². The van der Waals surface area contributed by atoms with E-state index < -0.39 is 5.60 Å². The maximum atomic E-state index is 13.1. The van der Waals surface area contributed by atoms with Gasteiger partial charge in [0.2, 0.25) is 0 Å². The highest BCUT2D eigenvalue weighted by molar-refractivity contribution is 6.00. The number of hydrogen-bond donors (Lipinski definition) is 0. The maximum Gasteiger partial charge on any atom is 0.340 e. The molecule has 0 saturated carbocycles. The summed E-state index contributed by atoms with van der Waals surface area (Å²) in [5.41, 5.74) is 6.31. The van der Waals surface area contributed by atoms with E-state index in [1.54, 1.807) is 0 Å². The molecule has 5 heteroatoms. The van der Waals surface area contributed by atoms with E-state index in [0.717, 1.165) is 54.7 Å². The number of fused-ring (bicyclic) bond motifs is 6. The van der Waals surface area contributed by atoms with Gasteiger partial charge in [-0.1, -0.05) is 44.2 Å². The first-order valence-corrected chi connectivity index (χ1v) is 12.8. The van der Waals surface area contributed by atoms with Crippen molar-refractivity contribution in [1.82, 2.24) is 9.80 Å². The fourth-order valence-corrected chi connectivity index (χ4v) is 6.28. The van der Waals surface area contributed by atoms with Gasteiger partial charge in [-0.25, -0.2) is 4.79 Å². The molecule has 0 fully saturated rings. The van der Waals surface area contributed by atoms with Gasteiger partial charge < -0.3 is 9.64 Å². The molecule has 3 aliphatic rings. The number of likely N-dealkylation sites (N-methyl/N-ethyl adjacent to an activating group) is 1. The number of esters is 1. The van der Waals surface area contributed by atoms with E-state index in [0.29, 0.717) is 5.56 Å². The van der Waals surface area contributed by atoms with Gasteiger partial charge in [0.15, 0.2) is 5.60 Å². The number of hydrogen-bond acceptors (Lipinski definition) is 5. The Morgan fingerprint density at radius 3 is 2.26 bits per heavy atom. The van der Waals surface area contributed by atoms with E-state index in [4.69, 9.17) is 4.74 Å². The van der Waals surface area contributed by atoms with Crippen molar-refractivity contribution in [3.05, 3.63) is 82.4 Å². The molecule has 5 nitrogen and oxygen atoms in total. The van der Waals surface area contributed by atoms with Crippen LogP contribution < -0.4 is 4.90 Å². The van der Waals surface area contributed by atoms with Crippen LogP contribution in [0.4, 0.5) is 5.69 Å². The Morgan fingerprint density at radius 1 is 0.914 bits per heavy atom. The molecule has 0 bridgehead atoms. The summed E-state index contributed by atoms with van der Waals surface area (Å²) in [5, 5.41) is 0. The second-order valence-corrected chi connectivity index (χ2v) is 10.4. The summed E-state index contributed by atoms with van der Waals surface area (Å²) < 4.78 is 6.37. The van der Waals surface area contributed by atoms with E-state index in [1.807, 2.05) is 18.2 Å². The van der Waals surface area contributed by atoms with Crippen LogP contribution in [0.5, 0.6) is 0 Å². The standard InChI is InChI=1S/C30H37N3O2/c1-7-17-33(18-8-2)29(32(5)6)16-15-27-24(20-29)23-19-21(31(3)4)13-14-26(23)30(27)25-12-10-9-11-22(25)28(34)35-30/h9-16,19H,7-8,17-18,20H2,1-6H3. The van der Waals surface area contributed by atoms with Crippen LogP contribution >= 0.6 is 0 Å². The average Bonchev–Trinajstić information content (AvgIpc) is 3.30. The molecule has 5 rings (SSSR count). The molecule has 0 saturated heterocycles. The van der Waals surface area contributed by atoms with Crippen molar-refractivity contribution in [3.8, 4) is 0 Å². The highest BCUT2D eigenvalue weighted by atomic mass is 16.6. The normalized spacial score (nSPS) is 24.3. The van der Waals surface area contributed by atoms with Gasteiger partial charge >= 0.3 is 5.97 Å². The number of rotatable bonds is 7. The van der Waals surface area contributed by atoms with Gasteiger partial charge in [-0.05, 0) is 75.4 Å². The van der Waals surface area contributed by atoms with Crippen LogP contribution in [0.25, 0.3) is 5.57 Å². The van der Waals surface area contributed by atoms with Gasteiger partial charge in [0.1, 0.15) is 0 Å². The summed E-state index contributed by atoms with van der Waals surface area (Å²) in [6, 6.07) is 14.5. The minimum absolute atomic E-state index is 0.232. The molecule has 2 aromatic rings. The highest BCUT2D eigenvalue weighted by Gasteiger charge is 2.57. The lowest BCUT2D eigenvalue weighted by atomic mass is 9.79. The fraction of sp³-hybridized carbons (Fsp3) is 0.433. The van der Waals surface area contributed by atoms with E-state index in [-0.39, 0.29) is 11.6 Å². The van der Waals surface area contributed by atoms with E-state index in [9.17, 15) is 4.79 Å². The van der Waals surface area contributed by atoms with Crippen LogP contribution in [0.3, 0.4) is 0 Å². The Hall–Kier alpha value is -2.89. The van der Waals surface area contributed by atoms with Crippen molar-refractivity contribution in [2.45, 2.75) is 44.4 Å². The summed E-state index contributed by atoms with van der Waals surface area (Å²) in [6.07, 6.45) is 7.66. The smallest absolute Gasteiger partial charge is 0.340 e. The van der Waals surface area contributed by atoms with Crippen molar-refractivity contribution in [3.63, 3.8) is 0 Å². The van der Waals surface area contributed by atoms with Crippen LogP contribution in [0, 0.1) is 0 Å². The molecule has 1 aliphatic heterocycles. The van der Waals surface area contributed by atoms with Gasteiger partial charge in [0, 0.05) is 42.9 Å². The molecule has 2 unspecified atom stereocenters. The lowest BCUT2D eigenvalue weighted by Gasteiger charge is -2.49. The van der Waals surface area contributed by atoms with Crippen LogP contribution in [0.1, 0.15) is 60.2 Å². The fourth-order valence-electron chi connectivity index (χ4n) is 6.28. The molecule has 2 aliphatic carbocycles. The number of carbonyl (C=O) groups is 1. The zero-order valence-electron chi connectivity index (χ0n) is 21.9. The first kappa shape index (κ1) is 23.8. The third-order valence-electron chi connectivity index (χ3n) is 7.96. The minimum Gasteiger partial charge on any atom is -0.441 e. The average molecular weight is 472 g/mol. The summed E-state index contributed by atoms with van der Waals surface area (Å²) >= 11 is 0. The van der Waals surface area contributed by atoms with Crippen molar-refractivity contribution in [2.75, 3.05) is 46.2 Å². The SMILES string of the molecule is CCCN(CCC)C1(N(C)C)C=CC2=C(C1)c1cc(N(C)C)ccc1C21OC(=O)c2ccccc21. The van der Waals surface area contributed by atoms with E-state index >= 15 is 0 Å². The Bertz CT molecular complexity index is 1220. The van der Waals surface area contributed by atoms with Crippen LogP contribution in [-0.4, -0.2) is 62.7 Å². The summed E-state index contributed by atoms with van der Waals surface area (Å²) in [4.78, 5) is 20.2. The summed E-state index contributed by atoms with van der Waals surface area (Å²) in [7, 11) is 8.51. The van der Waals surface area contributed by atoms with E-state index in [2.05, 4.69) is 93.2 Å². The highest BCUT2D eigenvalue weighted by Crippen LogP contribution is 2.59. The number of carbonyl (C=O) groups excluding carboxylic acids is 1. The number of nitrogens with zero attached hydrogens (tertiary/aromatic N) is 3. The van der Waals surface area contributed by atoms with Crippen molar-refractivity contribution < 1.29 is 9.53 Å². The Labute approximate surface area is 209 Å². The predicted octanol–water partition coefficient (Wildman–Crippen LogP) is 5.27. The second-order valence-electron chi connectivity index (χ2n) is 10.4. The van der Waals surface area contributed by atoms with Gasteiger partial charge in [-0.15, -0.1) is 0 Å². The van der Waals surface area contributed by atoms with Crippen LogP contribution in [0.15, 0.2) is 60.2 Å². The lowest BCUT2D eigenvalue weighted by molar-refractivity contribution is 0.0104. The van der Waals surface area contributed by atoms with Crippen LogP contribution in [0.2, 0.25) is 0 Å². The van der Waals surface area contributed by atoms with E-state index in [1.165, 1.54) is 11.1 Å². The predicted molar refractivity (Wildman–Crippen MR) is 143 cm³/mol. The van der Waals surface area contributed by atoms with Crippen molar-refractivity contribution in [1.29, 1.82) is 0 Å². The van der Waals surface area contributed by atoms with Crippen molar-refractivity contribution in [2.24, 2.45) is 0 Å². The van der Waals surface area contributed by atoms with Crippen molar-refractivity contribution >= 4 is 17.2 Å². The third kappa shape index (κ3) is 3.32. The lowest BCUT2D eigenvalue weighted by Crippen LogP contribution is -2.58. The number of anilines is 1. The molecule has 2 atom stereocenters. The molecule has 184 valence electrons. The summed E-state index contributed by atoms with van der Waals surface area (Å²) in [5.74, 6) is -0.242. The quantitative estimate of drug-likeness (QED) is 0.406. The molecule has 0 radical (unpaired) electrons. The largest absolute Gasteiger partial charge is 0.441 e. The first-order chi connectivity index (χ1) is 16.8. The zero-order valence-corrected chi connectivity index (χ0v) is 21.9. The molecular weight excluding hydrogens is 434 g/mol. The zero-order chi connectivity index (χ0) is 25.0. The maximum absolute atomic E-state index is 13.1. The first-order valence-electron chi connectivity index (χ1n) is 12.8. The van der Waals surface area contributed by atoms with Gasteiger partial charge in [0.05, 0.1) is 11.2 Å². The Morgan fingerprint density at radius 2 is 1.60 bits per heavy atom. The van der Waals surface area contributed by atoms with Gasteiger partial charge in [-0.2, -0.15) is 0 Å². The monoisotopic (exact) mass is 471 g/mol. The molecule has 35 heavy (non-hydrogen) atoms. The number of benzene rings is 2. The molecule has 0 amide bonds. The van der Waals surface area contributed by atoms with Crippen LogP contribution in [-0.2, 0) is 10.3 Å². The third-order valence-corrected chi connectivity index (χ3v) is 7.96. The molecule has 2 aromatic carbocycles.